The van der Waals surface area contributed by atoms with Crippen LogP contribution in [0.5, 0.6) is 11.5 Å². The van der Waals surface area contributed by atoms with E-state index in [1.807, 2.05) is 30.3 Å². The first kappa shape index (κ1) is 42.2. The van der Waals surface area contributed by atoms with Crippen LogP contribution >= 0.6 is 0 Å². The molecule has 0 bridgehead atoms. The van der Waals surface area contributed by atoms with E-state index in [9.17, 15) is 32.4 Å². The second kappa shape index (κ2) is 17.3. The van der Waals surface area contributed by atoms with E-state index in [2.05, 4.69) is 28.5 Å². The molecule has 3 aliphatic carbocycles. The summed E-state index contributed by atoms with van der Waals surface area (Å²) in [6.07, 6.45) is 4.61. The number of hydrogen-bond donors (Lipinski definition) is 3. The van der Waals surface area contributed by atoms with Gasteiger partial charge in [-0.05, 0) is 63.2 Å². The Morgan fingerprint density at radius 1 is 1.02 bits per heavy atom. The zero-order valence-corrected chi connectivity index (χ0v) is 34.4. The molecule has 2 heterocycles. The maximum Gasteiger partial charge on any atom is 0.408 e. The van der Waals surface area contributed by atoms with Crippen LogP contribution in [0.4, 0.5) is 4.79 Å². The van der Waals surface area contributed by atoms with Crippen molar-refractivity contribution in [1.29, 1.82) is 0 Å². The lowest BCUT2D eigenvalue weighted by molar-refractivity contribution is -0.141. The van der Waals surface area contributed by atoms with Crippen molar-refractivity contribution in [2.24, 2.45) is 5.92 Å². The van der Waals surface area contributed by atoms with Gasteiger partial charge in [0.1, 0.15) is 41.3 Å². The highest BCUT2D eigenvalue weighted by Gasteiger charge is 2.62. The number of rotatable bonds is 16. The van der Waals surface area contributed by atoms with Gasteiger partial charge in [-0.15, -0.1) is 6.58 Å². The number of sulfonamides is 1. The number of likely N-dealkylation sites (tertiary alicyclic amines) is 1. The van der Waals surface area contributed by atoms with Crippen molar-refractivity contribution in [1.82, 2.24) is 30.1 Å². The van der Waals surface area contributed by atoms with Crippen LogP contribution in [0.3, 0.4) is 0 Å². The van der Waals surface area contributed by atoms with Crippen molar-refractivity contribution in [2.75, 3.05) is 27.2 Å². The Labute approximate surface area is 348 Å². The molecule has 0 radical (unpaired) electrons. The van der Waals surface area contributed by atoms with Crippen LogP contribution in [0.2, 0.25) is 0 Å². The molecular weight excluding hydrogens is 793 g/mol. The van der Waals surface area contributed by atoms with Crippen molar-refractivity contribution in [3.05, 3.63) is 79.9 Å². The molecule has 3 N–H and O–H groups in total. The number of ether oxygens (including phenoxy) is 3. The Bertz CT molecular complexity index is 2300. The number of amides is 5. The molecule has 4 fully saturated rings. The van der Waals surface area contributed by atoms with Crippen LogP contribution in [0.15, 0.2) is 79.9 Å². The fourth-order valence-electron chi connectivity index (χ4n) is 7.97. The summed E-state index contributed by atoms with van der Waals surface area (Å²) in [7, 11) is -0.958. The number of fused-ring (bicyclic) bond motifs is 1. The predicted octanol–water partition coefficient (Wildman–Crippen LogP) is 3.61. The van der Waals surface area contributed by atoms with E-state index in [0.717, 1.165) is 24.5 Å². The lowest BCUT2D eigenvalue weighted by atomic mass is 10.1. The second-order valence-corrected chi connectivity index (χ2v) is 17.8. The Morgan fingerprint density at radius 3 is 2.40 bits per heavy atom. The summed E-state index contributed by atoms with van der Waals surface area (Å²) in [6, 6.07) is 14.0. The van der Waals surface area contributed by atoms with E-state index in [-0.39, 0.29) is 32.0 Å². The Kier molecular flexibility index (Phi) is 12.2. The number of carbonyl (C=O) groups is 5. The first-order valence-electron chi connectivity index (χ1n) is 20.1. The number of aromatic nitrogens is 1. The van der Waals surface area contributed by atoms with Gasteiger partial charge in [0.25, 0.3) is 5.91 Å². The quantitative estimate of drug-likeness (QED) is 0.141. The summed E-state index contributed by atoms with van der Waals surface area (Å²) >= 11 is 0. The van der Waals surface area contributed by atoms with Crippen LogP contribution in [0.25, 0.3) is 22.2 Å². The highest BCUT2D eigenvalue weighted by atomic mass is 32.2. The van der Waals surface area contributed by atoms with Crippen molar-refractivity contribution in [3.63, 3.8) is 0 Å². The van der Waals surface area contributed by atoms with Crippen LogP contribution in [0.1, 0.15) is 51.4 Å². The summed E-state index contributed by atoms with van der Waals surface area (Å²) in [5, 5.41) is 5.37. The number of likely N-dealkylation sites (N-methyl/N-ethyl adjacent to an activating group) is 1. The molecule has 5 amide bonds. The number of pyridine rings is 1. The van der Waals surface area contributed by atoms with E-state index in [1.54, 1.807) is 31.4 Å². The molecule has 3 aromatic rings. The van der Waals surface area contributed by atoms with Gasteiger partial charge in [0.05, 0.1) is 36.7 Å². The number of methoxy groups -OCH3 is 1. The zero-order valence-electron chi connectivity index (χ0n) is 33.6. The number of alkyl carbamates (subject to hydrolysis) is 1. The molecule has 3 saturated carbocycles. The van der Waals surface area contributed by atoms with Crippen LogP contribution < -0.4 is 24.8 Å². The molecule has 60 heavy (non-hydrogen) atoms. The van der Waals surface area contributed by atoms with E-state index < -0.39 is 74.6 Å². The summed E-state index contributed by atoms with van der Waals surface area (Å²) < 4.78 is 45.6. The van der Waals surface area contributed by atoms with Gasteiger partial charge < -0.3 is 34.6 Å². The van der Waals surface area contributed by atoms with Gasteiger partial charge in [-0.25, -0.2) is 18.2 Å². The normalized spacial score (nSPS) is 22.9. The van der Waals surface area contributed by atoms with E-state index in [1.165, 1.54) is 22.9 Å². The highest BCUT2D eigenvalue weighted by molar-refractivity contribution is 7.91. The fraction of sp³-hybridized carbons (Fsp3) is 0.442. The average Bonchev–Trinajstić information content (AvgIpc) is 4.13. The third-order valence-corrected chi connectivity index (χ3v) is 13.4. The monoisotopic (exact) mass is 842 g/mol. The van der Waals surface area contributed by atoms with Gasteiger partial charge in [-0.3, -0.25) is 23.9 Å². The fourth-order valence-corrected chi connectivity index (χ4v) is 9.33. The molecule has 2 aromatic carbocycles. The molecule has 318 valence electrons. The van der Waals surface area contributed by atoms with Gasteiger partial charge in [0.15, 0.2) is 0 Å². The van der Waals surface area contributed by atoms with Crippen molar-refractivity contribution >= 4 is 50.6 Å². The lowest BCUT2D eigenvalue weighted by Crippen LogP contribution is -2.59. The summed E-state index contributed by atoms with van der Waals surface area (Å²) in [5.41, 5.74) is 0.366. The van der Waals surface area contributed by atoms with Crippen molar-refractivity contribution in [3.8, 4) is 22.8 Å². The van der Waals surface area contributed by atoms with Crippen molar-refractivity contribution in [2.45, 2.75) is 86.4 Å². The molecule has 1 saturated heterocycles. The second-order valence-electron chi connectivity index (χ2n) is 15.9. The predicted molar refractivity (Wildman–Crippen MR) is 221 cm³/mol. The number of benzene rings is 2. The Hall–Kier alpha value is -5.97. The minimum Gasteiger partial charge on any atom is -0.497 e. The van der Waals surface area contributed by atoms with Gasteiger partial charge in [0.2, 0.25) is 27.7 Å². The summed E-state index contributed by atoms with van der Waals surface area (Å²) in [5.74, 6) is -2.44. The van der Waals surface area contributed by atoms with Crippen molar-refractivity contribution < 1.29 is 46.6 Å². The molecule has 0 unspecified atom stereocenters. The first-order chi connectivity index (χ1) is 28.7. The third kappa shape index (κ3) is 9.10. The maximum absolute atomic E-state index is 14.8. The molecule has 7 rings (SSSR count). The van der Waals surface area contributed by atoms with Gasteiger partial charge in [-0.2, -0.15) is 0 Å². The zero-order chi connectivity index (χ0) is 42.8. The first-order valence-corrected chi connectivity index (χ1v) is 21.7. The lowest BCUT2D eigenvalue weighted by Gasteiger charge is -2.31. The van der Waals surface area contributed by atoms with Crippen LogP contribution in [0, 0.1) is 5.92 Å². The van der Waals surface area contributed by atoms with Crippen LogP contribution in [-0.4, -0.2) is 115 Å². The molecular formula is C43H50N6O10S. The molecule has 17 heteroatoms. The smallest absolute Gasteiger partial charge is 0.408 e. The number of nitrogens with one attached hydrogen (secondary N) is 3. The van der Waals surface area contributed by atoms with E-state index in [4.69, 9.17) is 19.2 Å². The highest BCUT2D eigenvalue weighted by Crippen LogP contribution is 2.45. The number of carbonyl (C=O) groups excluding carboxylic acids is 5. The average molecular weight is 843 g/mol. The third-order valence-electron chi connectivity index (χ3n) is 11.6. The molecule has 1 aliphatic heterocycles. The largest absolute Gasteiger partial charge is 0.497 e. The molecule has 0 spiro atoms. The number of hydrogen-bond acceptors (Lipinski definition) is 11. The Morgan fingerprint density at radius 2 is 1.75 bits per heavy atom. The minimum absolute atomic E-state index is 0.0598. The molecule has 16 nitrogen and oxygen atoms in total. The summed E-state index contributed by atoms with van der Waals surface area (Å²) in [4.78, 5) is 76.2. The van der Waals surface area contributed by atoms with E-state index in [0.29, 0.717) is 53.8 Å². The number of nitrogens with zero attached hydrogens (tertiary/aromatic N) is 3. The molecule has 1 aromatic heterocycles. The van der Waals surface area contributed by atoms with Gasteiger partial charge in [0, 0.05) is 42.5 Å². The van der Waals surface area contributed by atoms with E-state index >= 15 is 0 Å². The minimum atomic E-state index is -3.96. The Balaban J connectivity index is 1.22. The molecule has 4 aliphatic rings. The summed E-state index contributed by atoms with van der Waals surface area (Å²) in [6.45, 7) is 6.87. The maximum atomic E-state index is 14.8. The van der Waals surface area contributed by atoms with Gasteiger partial charge in [-0.1, -0.05) is 43.0 Å². The van der Waals surface area contributed by atoms with Gasteiger partial charge >= 0.3 is 6.09 Å². The van der Waals surface area contributed by atoms with Crippen LogP contribution in [-0.2, 0) is 33.9 Å². The SMILES string of the molecule is C=CC(=O)N(C)C[C@@H](NC(=O)OC1CCCC1)C(=O)N1C[C@H](Oc2cc(-c3ccccc3)nc3cc(OC)ccc23)C[C@H]1C(=O)N[C@]1(C(=O)NS(=O)(=O)C2CC2)C[C@H]1C=C. The molecule has 5 atom stereocenters. The topological polar surface area (TPSA) is 203 Å². The standard InChI is InChI=1S/C43H50N6O10S/c1-5-27-23-43(27,41(53)47-60(55,56)31-17-18-31)46-39(51)36-21-30(58-37-22-33(26-12-8-7-9-13-26)44-34-20-29(57-4)16-19-32(34)37)24-49(36)40(52)35(25-48(3)38(50)6-2)45-42(54)59-28-14-10-11-15-28/h5-9,12-13,16,19-20,22,27-28,30-31,35-36H,1-2,10-11,14-15,17-18,21,23-25H2,3-4H3,(H,45,54)(H,46,51)(H,47,53)/t27-,30-,35-,36+,43-/m1/s1.